The molecule has 3 atom stereocenters. The van der Waals surface area contributed by atoms with Crippen LogP contribution in [0.3, 0.4) is 0 Å². The fraction of sp³-hybridized carbons (Fsp3) is 0.500. The number of nitrogens with zero attached hydrogens (tertiary/aromatic N) is 1. The summed E-state index contributed by atoms with van der Waals surface area (Å²) in [5.74, 6) is 0.356. The second kappa shape index (κ2) is 4.15. The molecule has 0 aromatic heterocycles. The molecule has 1 aromatic carbocycles. The smallest absolute Gasteiger partial charge is 0.224 e. The number of carbonyl (C=O) groups excluding carboxylic acids is 1. The van der Waals surface area contributed by atoms with E-state index in [1.54, 1.807) is 6.92 Å². The number of rotatable bonds is 0. The molecule has 0 fully saturated rings. The van der Waals surface area contributed by atoms with E-state index in [-0.39, 0.29) is 23.9 Å². The third-order valence-electron chi connectivity index (χ3n) is 3.88. The zero-order valence-electron chi connectivity index (χ0n) is 10.9. The predicted molar refractivity (Wildman–Crippen MR) is 69.9 cm³/mol. The minimum Gasteiger partial charge on any atom is -0.324 e. The summed E-state index contributed by atoms with van der Waals surface area (Å²) in [5.41, 5.74) is 9.52. The van der Waals surface area contributed by atoms with Gasteiger partial charge in [0.1, 0.15) is 0 Å². The molecule has 0 saturated heterocycles. The molecular weight excluding hydrogens is 212 g/mol. The molecule has 1 heterocycles. The molecular formula is C14H20N2O. The largest absolute Gasteiger partial charge is 0.324 e. The fourth-order valence-electron chi connectivity index (χ4n) is 2.65. The van der Waals surface area contributed by atoms with Gasteiger partial charge in [-0.05, 0) is 31.4 Å². The van der Waals surface area contributed by atoms with Gasteiger partial charge in [-0.15, -0.1) is 0 Å². The maximum absolute atomic E-state index is 11.8. The molecule has 1 amide bonds. The summed E-state index contributed by atoms with van der Waals surface area (Å²) in [4.78, 5) is 13.7. The summed E-state index contributed by atoms with van der Waals surface area (Å²) in [6.45, 7) is 7.84. The maximum Gasteiger partial charge on any atom is 0.224 e. The summed E-state index contributed by atoms with van der Waals surface area (Å²) in [6.07, 6.45) is 0. The number of anilines is 1. The van der Waals surface area contributed by atoms with Crippen molar-refractivity contribution < 1.29 is 4.79 Å². The summed E-state index contributed by atoms with van der Waals surface area (Å²) >= 11 is 0. The first-order chi connectivity index (χ1) is 7.93. The highest BCUT2D eigenvalue weighted by Crippen LogP contribution is 2.39. The number of aryl methyl sites for hydroxylation is 1. The van der Waals surface area contributed by atoms with Gasteiger partial charge in [-0.2, -0.15) is 0 Å². The molecule has 2 rings (SSSR count). The Balaban J connectivity index is 2.60. The number of hydrogen-bond acceptors (Lipinski definition) is 2. The predicted octanol–water partition coefficient (Wildman–Crippen LogP) is 2.39. The number of amides is 1. The van der Waals surface area contributed by atoms with E-state index in [1.807, 2.05) is 24.0 Å². The molecule has 92 valence electrons. The summed E-state index contributed by atoms with van der Waals surface area (Å²) in [6, 6.07) is 6.30. The number of carbonyl (C=O) groups is 1. The molecule has 1 aliphatic heterocycles. The lowest BCUT2D eigenvalue weighted by molar-refractivity contribution is -0.117. The molecule has 0 saturated carbocycles. The summed E-state index contributed by atoms with van der Waals surface area (Å²) in [7, 11) is 0. The molecule has 3 nitrogen and oxygen atoms in total. The van der Waals surface area contributed by atoms with Crippen molar-refractivity contribution in [3.63, 3.8) is 0 Å². The average molecular weight is 232 g/mol. The van der Waals surface area contributed by atoms with Gasteiger partial charge < -0.3 is 10.6 Å². The molecule has 0 aliphatic carbocycles. The monoisotopic (exact) mass is 232 g/mol. The van der Waals surface area contributed by atoms with Gasteiger partial charge >= 0.3 is 0 Å². The minimum atomic E-state index is 0.00972. The second-order valence-corrected chi connectivity index (χ2v) is 5.08. The van der Waals surface area contributed by atoms with Gasteiger partial charge in [-0.1, -0.05) is 24.6 Å². The Morgan fingerprint density at radius 1 is 1.35 bits per heavy atom. The van der Waals surface area contributed by atoms with Gasteiger partial charge in [0, 0.05) is 24.7 Å². The summed E-state index contributed by atoms with van der Waals surface area (Å²) < 4.78 is 0. The van der Waals surface area contributed by atoms with Crippen LogP contribution in [0.1, 0.15) is 37.9 Å². The van der Waals surface area contributed by atoms with E-state index >= 15 is 0 Å². The van der Waals surface area contributed by atoms with Crippen molar-refractivity contribution in [2.45, 2.75) is 39.8 Å². The van der Waals surface area contributed by atoms with Gasteiger partial charge in [0.25, 0.3) is 0 Å². The Labute approximate surface area is 103 Å². The molecule has 0 bridgehead atoms. The first kappa shape index (κ1) is 12.1. The van der Waals surface area contributed by atoms with Crippen molar-refractivity contribution >= 4 is 11.6 Å². The molecule has 3 unspecified atom stereocenters. The van der Waals surface area contributed by atoms with Crippen LogP contribution in [0, 0.1) is 12.8 Å². The van der Waals surface area contributed by atoms with E-state index in [9.17, 15) is 4.79 Å². The minimum absolute atomic E-state index is 0.00972. The lowest BCUT2D eigenvalue weighted by Crippen LogP contribution is -2.48. The van der Waals surface area contributed by atoms with Crippen molar-refractivity contribution in [2.75, 3.05) is 4.90 Å². The number of nitrogens with two attached hydrogens (primary N) is 1. The fourth-order valence-corrected chi connectivity index (χ4v) is 2.65. The van der Waals surface area contributed by atoms with Crippen LogP contribution in [0.25, 0.3) is 0 Å². The van der Waals surface area contributed by atoms with Crippen molar-refractivity contribution in [1.29, 1.82) is 0 Å². The van der Waals surface area contributed by atoms with Crippen molar-refractivity contribution in [1.82, 2.24) is 0 Å². The zero-order valence-corrected chi connectivity index (χ0v) is 10.9. The third-order valence-corrected chi connectivity index (χ3v) is 3.88. The molecule has 0 spiro atoms. The Kier molecular flexibility index (Phi) is 2.96. The first-order valence-electron chi connectivity index (χ1n) is 6.09. The average Bonchev–Trinajstić information content (AvgIpc) is 2.27. The quantitative estimate of drug-likeness (QED) is 0.746. The van der Waals surface area contributed by atoms with Crippen LogP contribution < -0.4 is 10.6 Å². The third kappa shape index (κ3) is 1.84. The molecule has 3 heteroatoms. The van der Waals surface area contributed by atoms with E-state index in [0.717, 1.165) is 11.3 Å². The molecule has 17 heavy (non-hydrogen) atoms. The van der Waals surface area contributed by atoms with Gasteiger partial charge in [-0.3, -0.25) is 4.79 Å². The van der Waals surface area contributed by atoms with Gasteiger partial charge in [0.05, 0.1) is 0 Å². The van der Waals surface area contributed by atoms with E-state index in [2.05, 4.69) is 19.9 Å². The molecule has 1 aromatic rings. The Bertz CT molecular complexity index is 456. The topological polar surface area (TPSA) is 46.3 Å². The molecule has 2 N–H and O–H groups in total. The SMILES string of the molecule is CC(=O)N1c2ccc(C)cc2C(N)C(C)C1C. The van der Waals surface area contributed by atoms with Gasteiger partial charge in [0.2, 0.25) is 5.91 Å². The number of benzene rings is 1. The standard InChI is InChI=1S/C14H20N2O/c1-8-5-6-13-12(7-8)14(15)9(2)10(3)16(13)11(4)17/h5-7,9-10,14H,15H2,1-4H3. The lowest BCUT2D eigenvalue weighted by Gasteiger charge is -2.42. The highest BCUT2D eigenvalue weighted by atomic mass is 16.2. The van der Waals surface area contributed by atoms with Crippen LogP contribution in [0.2, 0.25) is 0 Å². The second-order valence-electron chi connectivity index (χ2n) is 5.08. The van der Waals surface area contributed by atoms with Crippen LogP contribution >= 0.6 is 0 Å². The lowest BCUT2D eigenvalue weighted by atomic mass is 9.83. The van der Waals surface area contributed by atoms with Crippen molar-refractivity contribution in [3.8, 4) is 0 Å². The Hall–Kier alpha value is -1.35. The van der Waals surface area contributed by atoms with Crippen LogP contribution in [0.5, 0.6) is 0 Å². The van der Waals surface area contributed by atoms with Gasteiger partial charge in [-0.25, -0.2) is 0 Å². The zero-order chi connectivity index (χ0) is 12.7. The van der Waals surface area contributed by atoms with E-state index in [4.69, 9.17) is 5.73 Å². The molecule has 1 aliphatic rings. The van der Waals surface area contributed by atoms with E-state index in [1.165, 1.54) is 5.56 Å². The van der Waals surface area contributed by atoms with Crippen LogP contribution in [-0.4, -0.2) is 11.9 Å². The summed E-state index contributed by atoms with van der Waals surface area (Å²) in [5, 5.41) is 0. The van der Waals surface area contributed by atoms with Crippen LogP contribution in [-0.2, 0) is 4.79 Å². The number of fused-ring (bicyclic) bond motifs is 1. The first-order valence-corrected chi connectivity index (χ1v) is 6.09. The van der Waals surface area contributed by atoms with Crippen LogP contribution in [0.4, 0.5) is 5.69 Å². The maximum atomic E-state index is 11.8. The van der Waals surface area contributed by atoms with E-state index in [0.29, 0.717) is 0 Å². The van der Waals surface area contributed by atoms with Crippen LogP contribution in [0.15, 0.2) is 18.2 Å². The Morgan fingerprint density at radius 3 is 2.59 bits per heavy atom. The highest BCUT2D eigenvalue weighted by molar-refractivity contribution is 5.93. The van der Waals surface area contributed by atoms with Crippen molar-refractivity contribution in [2.24, 2.45) is 11.7 Å². The highest BCUT2D eigenvalue weighted by Gasteiger charge is 2.35. The normalized spacial score (nSPS) is 27.8. The number of hydrogen-bond donors (Lipinski definition) is 1. The van der Waals surface area contributed by atoms with Crippen molar-refractivity contribution in [3.05, 3.63) is 29.3 Å². The van der Waals surface area contributed by atoms with E-state index < -0.39 is 0 Å². The Morgan fingerprint density at radius 2 is 2.00 bits per heavy atom. The van der Waals surface area contributed by atoms with Gasteiger partial charge in [0.15, 0.2) is 0 Å². The molecule has 0 radical (unpaired) electrons.